The highest BCUT2D eigenvalue weighted by atomic mass is 35.5. The Hall–Kier alpha value is -1.29. The number of carbonyl (C=O) groups is 1. The van der Waals surface area contributed by atoms with Crippen molar-refractivity contribution in [2.75, 3.05) is 6.61 Å². The molecule has 5 heteroatoms. The van der Waals surface area contributed by atoms with Crippen molar-refractivity contribution in [1.29, 1.82) is 0 Å². The zero-order valence-electron chi connectivity index (χ0n) is 9.08. The Bertz CT molecular complexity index is 444. The molecule has 1 aromatic carbocycles. The molecular formula is C12H12ClFO3. The largest absolute Gasteiger partial charge is 0.491 e. The summed E-state index contributed by atoms with van der Waals surface area (Å²) in [6.45, 7) is 0.512. The number of halogens is 2. The van der Waals surface area contributed by atoms with Crippen LogP contribution in [-0.4, -0.2) is 17.7 Å². The van der Waals surface area contributed by atoms with E-state index in [-0.39, 0.29) is 17.0 Å². The lowest BCUT2D eigenvalue weighted by Crippen LogP contribution is -2.07. The van der Waals surface area contributed by atoms with E-state index in [0.717, 1.165) is 25.0 Å². The molecule has 1 aromatic rings. The van der Waals surface area contributed by atoms with Crippen molar-refractivity contribution in [2.24, 2.45) is 5.92 Å². The van der Waals surface area contributed by atoms with Crippen LogP contribution in [0.3, 0.4) is 0 Å². The van der Waals surface area contributed by atoms with Crippen molar-refractivity contribution in [1.82, 2.24) is 0 Å². The van der Waals surface area contributed by atoms with E-state index in [4.69, 9.17) is 21.4 Å². The SMILES string of the molecule is O=C(O)Cc1cc(F)cc(Cl)c1OCC1CC1. The maximum atomic E-state index is 13.1. The molecule has 0 unspecified atom stereocenters. The summed E-state index contributed by atoms with van der Waals surface area (Å²) >= 11 is 5.86. The Morgan fingerprint density at radius 2 is 2.24 bits per heavy atom. The van der Waals surface area contributed by atoms with Crippen LogP contribution in [0.4, 0.5) is 4.39 Å². The minimum atomic E-state index is -1.04. The number of hydrogen-bond donors (Lipinski definition) is 1. The molecule has 0 spiro atoms. The monoisotopic (exact) mass is 258 g/mol. The smallest absolute Gasteiger partial charge is 0.307 e. The summed E-state index contributed by atoms with van der Waals surface area (Å²) in [5.74, 6) is -0.774. The third kappa shape index (κ3) is 3.33. The maximum Gasteiger partial charge on any atom is 0.307 e. The number of benzene rings is 1. The van der Waals surface area contributed by atoms with Crippen molar-refractivity contribution in [3.8, 4) is 5.75 Å². The second-order valence-corrected chi connectivity index (χ2v) is 4.61. The topological polar surface area (TPSA) is 46.5 Å². The van der Waals surface area contributed by atoms with Crippen LogP contribution in [0.15, 0.2) is 12.1 Å². The van der Waals surface area contributed by atoms with Gasteiger partial charge in [0.15, 0.2) is 0 Å². The van der Waals surface area contributed by atoms with E-state index < -0.39 is 11.8 Å². The standard InChI is InChI=1S/C12H12ClFO3/c13-10-5-9(14)3-8(4-11(15)16)12(10)17-6-7-1-2-7/h3,5,7H,1-2,4,6H2,(H,15,16). The third-order valence-electron chi connectivity index (χ3n) is 2.59. The summed E-state index contributed by atoms with van der Waals surface area (Å²) in [4.78, 5) is 10.7. The molecule has 0 bridgehead atoms. The van der Waals surface area contributed by atoms with Gasteiger partial charge in [0.05, 0.1) is 18.1 Å². The minimum Gasteiger partial charge on any atom is -0.491 e. The number of carboxylic acids is 1. The fourth-order valence-electron chi connectivity index (χ4n) is 1.56. The summed E-state index contributed by atoms with van der Waals surface area (Å²) in [5, 5.41) is 8.87. The van der Waals surface area contributed by atoms with Crippen molar-refractivity contribution in [3.63, 3.8) is 0 Å². The van der Waals surface area contributed by atoms with Gasteiger partial charge in [-0.3, -0.25) is 4.79 Å². The predicted octanol–water partition coefficient (Wildman–Crippen LogP) is 2.90. The molecule has 1 aliphatic carbocycles. The Labute approximate surface area is 103 Å². The summed E-state index contributed by atoms with van der Waals surface area (Å²) in [6.07, 6.45) is 1.94. The van der Waals surface area contributed by atoms with Crippen molar-refractivity contribution < 1.29 is 19.0 Å². The number of carboxylic acid groups (broad SMARTS) is 1. The van der Waals surface area contributed by atoms with Crippen LogP contribution in [-0.2, 0) is 11.2 Å². The van der Waals surface area contributed by atoms with Crippen molar-refractivity contribution in [3.05, 3.63) is 28.5 Å². The fourth-order valence-corrected chi connectivity index (χ4v) is 1.84. The van der Waals surface area contributed by atoms with Crippen molar-refractivity contribution >= 4 is 17.6 Å². The highest BCUT2D eigenvalue weighted by Gasteiger charge is 2.23. The lowest BCUT2D eigenvalue weighted by molar-refractivity contribution is -0.136. The average molecular weight is 259 g/mol. The molecule has 0 saturated heterocycles. The van der Waals surface area contributed by atoms with Crippen LogP contribution in [0.2, 0.25) is 5.02 Å². The molecule has 92 valence electrons. The van der Waals surface area contributed by atoms with Gasteiger partial charge in [-0.25, -0.2) is 4.39 Å². The third-order valence-corrected chi connectivity index (χ3v) is 2.87. The average Bonchev–Trinajstić information content (AvgIpc) is 2.98. The number of hydrogen-bond acceptors (Lipinski definition) is 2. The summed E-state index contributed by atoms with van der Waals surface area (Å²) in [7, 11) is 0. The van der Waals surface area contributed by atoms with Crippen LogP contribution in [0.1, 0.15) is 18.4 Å². The molecule has 1 fully saturated rings. The fraction of sp³-hybridized carbons (Fsp3) is 0.417. The molecule has 3 nitrogen and oxygen atoms in total. The maximum absolute atomic E-state index is 13.1. The number of rotatable bonds is 5. The molecule has 0 atom stereocenters. The molecule has 1 aliphatic rings. The first-order valence-corrected chi connectivity index (χ1v) is 5.76. The number of ether oxygens (including phenoxy) is 1. The molecule has 0 aliphatic heterocycles. The predicted molar refractivity (Wildman–Crippen MR) is 61.0 cm³/mol. The van der Waals surface area contributed by atoms with Gasteiger partial charge in [0.25, 0.3) is 0 Å². The first kappa shape index (κ1) is 12.2. The first-order chi connectivity index (χ1) is 8.06. The van der Waals surface area contributed by atoms with Crippen LogP contribution >= 0.6 is 11.6 Å². The molecule has 0 aromatic heterocycles. The second-order valence-electron chi connectivity index (χ2n) is 4.20. The highest BCUT2D eigenvalue weighted by Crippen LogP contribution is 2.34. The first-order valence-electron chi connectivity index (χ1n) is 5.39. The molecule has 17 heavy (non-hydrogen) atoms. The molecule has 1 N–H and O–H groups in total. The van der Waals surface area contributed by atoms with Gasteiger partial charge in [0.2, 0.25) is 0 Å². The van der Waals surface area contributed by atoms with Crippen molar-refractivity contribution in [2.45, 2.75) is 19.3 Å². The van der Waals surface area contributed by atoms with Crippen LogP contribution in [0.25, 0.3) is 0 Å². The lowest BCUT2D eigenvalue weighted by atomic mass is 10.1. The Morgan fingerprint density at radius 3 is 2.82 bits per heavy atom. The Kier molecular flexibility index (Phi) is 3.52. The van der Waals surface area contributed by atoms with Gasteiger partial charge >= 0.3 is 5.97 Å². The molecule has 2 rings (SSSR count). The Balaban J connectivity index is 2.21. The van der Waals surface area contributed by atoms with E-state index in [0.29, 0.717) is 18.3 Å². The van der Waals surface area contributed by atoms with Gasteiger partial charge in [-0.15, -0.1) is 0 Å². The lowest BCUT2D eigenvalue weighted by Gasteiger charge is -2.12. The van der Waals surface area contributed by atoms with Crippen LogP contribution < -0.4 is 4.74 Å². The summed E-state index contributed by atoms with van der Waals surface area (Å²) < 4.78 is 18.6. The van der Waals surface area contributed by atoms with Gasteiger partial charge in [0, 0.05) is 5.56 Å². The Morgan fingerprint density at radius 1 is 1.53 bits per heavy atom. The molecular weight excluding hydrogens is 247 g/mol. The van der Waals surface area contributed by atoms with E-state index in [2.05, 4.69) is 0 Å². The quantitative estimate of drug-likeness (QED) is 0.883. The number of aliphatic carboxylic acids is 1. The van der Waals surface area contributed by atoms with Gasteiger partial charge < -0.3 is 9.84 Å². The molecule has 0 heterocycles. The van der Waals surface area contributed by atoms with E-state index in [9.17, 15) is 9.18 Å². The molecule has 0 radical (unpaired) electrons. The van der Waals surface area contributed by atoms with Gasteiger partial charge in [0.1, 0.15) is 11.6 Å². The van der Waals surface area contributed by atoms with E-state index >= 15 is 0 Å². The van der Waals surface area contributed by atoms with Crippen LogP contribution in [0, 0.1) is 11.7 Å². The zero-order chi connectivity index (χ0) is 12.4. The minimum absolute atomic E-state index is 0.127. The van der Waals surface area contributed by atoms with E-state index in [1.54, 1.807) is 0 Å². The summed E-state index contributed by atoms with van der Waals surface area (Å²) in [6, 6.07) is 2.29. The van der Waals surface area contributed by atoms with Gasteiger partial charge in [-0.05, 0) is 30.9 Å². The molecule has 0 amide bonds. The van der Waals surface area contributed by atoms with Crippen LogP contribution in [0.5, 0.6) is 5.75 Å². The second kappa shape index (κ2) is 4.92. The van der Waals surface area contributed by atoms with Gasteiger partial charge in [-0.2, -0.15) is 0 Å². The van der Waals surface area contributed by atoms with E-state index in [1.807, 2.05) is 0 Å². The van der Waals surface area contributed by atoms with E-state index in [1.165, 1.54) is 0 Å². The highest BCUT2D eigenvalue weighted by molar-refractivity contribution is 6.32. The van der Waals surface area contributed by atoms with Gasteiger partial charge in [-0.1, -0.05) is 11.6 Å². The summed E-state index contributed by atoms with van der Waals surface area (Å²) in [5.41, 5.74) is 0.281. The normalized spacial score (nSPS) is 14.7. The molecule has 1 saturated carbocycles. The zero-order valence-corrected chi connectivity index (χ0v) is 9.84.